The summed E-state index contributed by atoms with van der Waals surface area (Å²) < 4.78 is 37.9. The number of nitrogens with zero attached hydrogens (tertiary/aromatic N) is 3. The summed E-state index contributed by atoms with van der Waals surface area (Å²) in [7, 11) is -2.17. The zero-order valence-corrected chi connectivity index (χ0v) is 14.7. The SMILES string of the molecule is COc1cccc(-c2nnc(CNS(=O)(=O)c3c(C)n[nH]c3C)o2)c1. The van der Waals surface area contributed by atoms with Gasteiger partial charge in [-0.2, -0.15) is 5.10 Å². The van der Waals surface area contributed by atoms with E-state index in [0.717, 1.165) is 0 Å². The molecule has 1 aromatic carbocycles. The van der Waals surface area contributed by atoms with Crippen molar-refractivity contribution in [2.75, 3.05) is 7.11 Å². The molecule has 0 fully saturated rings. The topological polar surface area (TPSA) is 123 Å². The Bertz CT molecular complexity index is 974. The van der Waals surface area contributed by atoms with Gasteiger partial charge in [-0.3, -0.25) is 5.10 Å². The molecule has 0 radical (unpaired) electrons. The van der Waals surface area contributed by atoms with Gasteiger partial charge in [0.05, 0.1) is 25.0 Å². The number of benzene rings is 1. The minimum absolute atomic E-state index is 0.122. The van der Waals surface area contributed by atoms with Gasteiger partial charge >= 0.3 is 0 Å². The molecule has 25 heavy (non-hydrogen) atoms. The molecular weight excluding hydrogens is 346 g/mol. The van der Waals surface area contributed by atoms with E-state index >= 15 is 0 Å². The second kappa shape index (κ2) is 6.65. The fourth-order valence-electron chi connectivity index (χ4n) is 2.36. The van der Waals surface area contributed by atoms with Crippen LogP contribution in [-0.4, -0.2) is 35.9 Å². The fourth-order valence-corrected chi connectivity index (χ4v) is 3.70. The Balaban J connectivity index is 1.76. The van der Waals surface area contributed by atoms with Gasteiger partial charge in [0.15, 0.2) is 0 Å². The van der Waals surface area contributed by atoms with Gasteiger partial charge in [0.1, 0.15) is 10.6 Å². The Labute approximate surface area is 144 Å². The number of methoxy groups -OCH3 is 1. The van der Waals surface area contributed by atoms with Crippen LogP contribution in [0.5, 0.6) is 5.75 Å². The maximum atomic E-state index is 12.4. The first-order chi connectivity index (χ1) is 11.9. The monoisotopic (exact) mass is 363 g/mol. The molecule has 2 heterocycles. The molecule has 3 rings (SSSR count). The van der Waals surface area contributed by atoms with Crippen molar-refractivity contribution in [2.24, 2.45) is 0 Å². The zero-order valence-electron chi connectivity index (χ0n) is 13.9. The molecule has 0 aliphatic carbocycles. The molecule has 0 atom stereocenters. The van der Waals surface area contributed by atoms with Gasteiger partial charge < -0.3 is 9.15 Å². The van der Waals surface area contributed by atoms with E-state index in [1.807, 2.05) is 0 Å². The molecule has 0 amide bonds. The van der Waals surface area contributed by atoms with Crippen molar-refractivity contribution in [1.29, 1.82) is 0 Å². The molecule has 0 unspecified atom stereocenters. The van der Waals surface area contributed by atoms with Crippen molar-refractivity contribution in [1.82, 2.24) is 25.1 Å². The van der Waals surface area contributed by atoms with Gasteiger partial charge in [0.25, 0.3) is 0 Å². The molecule has 10 heteroatoms. The van der Waals surface area contributed by atoms with Gasteiger partial charge in [-0.1, -0.05) is 6.07 Å². The number of nitrogens with one attached hydrogen (secondary N) is 2. The van der Waals surface area contributed by atoms with Crippen LogP contribution in [-0.2, 0) is 16.6 Å². The number of hydrogen-bond donors (Lipinski definition) is 2. The number of ether oxygens (including phenoxy) is 1. The predicted octanol–water partition coefficient (Wildman–Crippen LogP) is 1.56. The highest BCUT2D eigenvalue weighted by Gasteiger charge is 2.23. The highest BCUT2D eigenvalue weighted by Crippen LogP contribution is 2.23. The van der Waals surface area contributed by atoms with Crippen LogP contribution in [0, 0.1) is 13.8 Å². The first-order valence-electron chi connectivity index (χ1n) is 7.39. The van der Waals surface area contributed by atoms with E-state index in [1.54, 1.807) is 45.2 Å². The van der Waals surface area contributed by atoms with Gasteiger partial charge in [0.2, 0.25) is 21.8 Å². The average molecular weight is 363 g/mol. The minimum atomic E-state index is -3.73. The lowest BCUT2D eigenvalue weighted by atomic mass is 10.2. The van der Waals surface area contributed by atoms with Crippen molar-refractivity contribution >= 4 is 10.0 Å². The van der Waals surface area contributed by atoms with Crippen LogP contribution in [0.4, 0.5) is 0 Å². The summed E-state index contributed by atoms with van der Waals surface area (Å²) in [5, 5.41) is 14.3. The van der Waals surface area contributed by atoms with Crippen LogP contribution in [0.2, 0.25) is 0 Å². The van der Waals surface area contributed by atoms with E-state index in [1.165, 1.54) is 0 Å². The summed E-state index contributed by atoms with van der Waals surface area (Å²) in [6.07, 6.45) is 0. The molecule has 0 saturated heterocycles. The number of aromatic nitrogens is 4. The van der Waals surface area contributed by atoms with E-state index in [9.17, 15) is 8.42 Å². The maximum absolute atomic E-state index is 12.4. The van der Waals surface area contributed by atoms with Gasteiger partial charge in [-0.15, -0.1) is 10.2 Å². The van der Waals surface area contributed by atoms with E-state index in [-0.39, 0.29) is 23.2 Å². The van der Waals surface area contributed by atoms with Crippen molar-refractivity contribution in [3.63, 3.8) is 0 Å². The summed E-state index contributed by atoms with van der Waals surface area (Å²) in [6.45, 7) is 3.14. The number of sulfonamides is 1. The smallest absolute Gasteiger partial charge is 0.247 e. The molecule has 132 valence electrons. The lowest BCUT2D eigenvalue weighted by molar-refractivity contribution is 0.414. The number of H-pyrrole nitrogens is 1. The lowest BCUT2D eigenvalue weighted by Crippen LogP contribution is -2.24. The highest BCUT2D eigenvalue weighted by atomic mass is 32.2. The Morgan fingerprint density at radius 3 is 2.76 bits per heavy atom. The third-order valence-electron chi connectivity index (χ3n) is 3.53. The fraction of sp³-hybridized carbons (Fsp3) is 0.267. The molecular formula is C15H17N5O4S. The largest absolute Gasteiger partial charge is 0.497 e. The Morgan fingerprint density at radius 1 is 1.28 bits per heavy atom. The molecule has 0 saturated carbocycles. The maximum Gasteiger partial charge on any atom is 0.247 e. The molecule has 2 N–H and O–H groups in total. The standard InChI is InChI=1S/C15H17N5O4S/c1-9-14(10(2)18-17-9)25(21,22)16-8-13-19-20-15(24-13)11-5-4-6-12(7-11)23-3/h4-7,16H,8H2,1-3H3,(H,17,18). The van der Waals surface area contributed by atoms with E-state index in [0.29, 0.717) is 22.7 Å². The highest BCUT2D eigenvalue weighted by molar-refractivity contribution is 7.89. The molecule has 0 aliphatic heterocycles. The van der Waals surface area contributed by atoms with E-state index in [4.69, 9.17) is 9.15 Å². The molecule has 0 spiro atoms. The Kier molecular flexibility index (Phi) is 4.55. The average Bonchev–Trinajstić information content (AvgIpc) is 3.20. The van der Waals surface area contributed by atoms with E-state index in [2.05, 4.69) is 25.1 Å². The lowest BCUT2D eigenvalue weighted by Gasteiger charge is -2.04. The van der Waals surface area contributed by atoms with Crippen LogP contribution in [0.1, 0.15) is 17.3 Å². The van der Waals surface area contributed by atoms with Crippen LogP contribution in [0.15, 0.2) is 33.6 Å². The third-order valence-corrected chi connectivity index (χ3v) is 5.19. The normalized spacial score (nSPS) is 11.6. The molecule has 0 bridgehead atoms. The van der Waals surface area contributed by atoms with Crippen LogP contribution >= 0.6 is 0 Å². The Hall–Kier alpha value is -2.72. The third kappa shape index (κ3) is 3.54. The second-order valence-corrected chi connectivity index (χ2v) is 7.02. The van der Waals surface area contributed by atoms with Gasteiger partial charge in [-0.05, 0) is 32.0 Å². The number of aromatic amines is 1. The molecule has 2 aromatic heterocycles. The van der Waals surface area contributed by atoms with Crippen molar-refractivity contribution in [3.05, 3.63) is 41.5 Å². The number of aryl methyl sites for hydroxylation is 2. The first kappa shape index (κ1) is 17.1. The predicted molar refractivity (Wildman–Crippen MR) is 88.4 cm³/mol. The first-order valence-corrected chi connectivity index (χ1v) is 8.87. The number of hydrogen-bond acceptors (Lipinski definition) is 7. The summed E-state index contributed by atoms with van der Waals surface area (Å²) in [5.41, 5.74) is 1.54. The quantitative estimate of drug-likeness (QED) is 0.681. The van der Waals surface area contributed by atoms with Gasteiger partial charge in [-0.25, -0.2) is 13.1 Å². The summed E-state index contributed by atoms with van der Waals surface area (Å²) in [4.78, 5) is 0.125. The minimum Gasteiger partial charge on any atom is -0.497 e. The van der Waals surface area contributed by atoms with Gasteiger partial charge in [0, 0.05) is 5.56 Å². The molecule has 3 aromatic rings. The van der Waals surface area contributed by atoms with Crippen molar-refractivity contribution in [3.8, 4) is 17.2 Å². The van der Waals surface area contributed by atoms with Crippen LogP contribution in [0.25, 0.3) is 11.5 Å². The zero-order chi connectivity index (χ0) is 18.0. The second-order valence-electron chi connectivity index (χ2n) is 5.32. The summed E-state index contributed by atoms with van der Waals surface area (Å²) >= 11 is 0. The van der Waals surface area contributed by atoms with Crippen LogP contribution < -0.4 is 9.46 Å². The summed E-state index contributed by atoms with van der Waals surface area (Å²) in [6, 6.07) is 7.14. The van der Waals surface area contributed by atoms with Crippen molar-refractivity contribution < 1.29 is 17.6 Å². The molecule has 9 nitrogen and oxygen atoms in total. The number of rotatable bonds is 6. The Morgan fingerprint density at radius 2 is 2.08 bits per heavy atom. The van der Waals surface area contributed by atoms with E-state index < -0.39 is 10.0 Å². The van der Waals surface area contributed by atoms with Crippen LogP contribution in [0.3, 0.4) is 0 Å². The summed E-state index contributed by atoms with van der Waals surface area (Å²) in [5.74, 6) is 1.09. The molecule has 0 aliphatic rings. The van der Waals surface area contributed by atoms with Crippen molar-refractivity contribution in [2.45, 2.75) is 25.3 Å².